The summed E-state index contributed by atoms with van der Waals surface area (Å²) in [4.78, 5) is 12.3. The summed E-state index contributed by atoms with van der Waals surface area (Å²) in [6, 6.07) is 13.9. The maximum absolute atomic E-state index is 12.3. The summed E-state index contributed by atoms with van der Waals surface area (Å²) in [5, 5.41) is 6.35. The number of benzene rings is 2. The Morgan fingerprint density at radius 2 is 1.90 bits per heavy atom. The number of para-hydroxylation sites is 1. The molecular weight excluding hydrogens is 260 g/mol. The number of carbonyl (C=O) groups excluding carboxylic acids is 1. The lowest BCUT2D eigenvalue weighted by molar-refractivity contribution is -0.116. The lowest BCUT2D eigenvalue weighted by atomic mass is 9.99. The Balaban J connectivity index is 1.96. The summed E-state index contributed by atoms with van der Waals surface area (Å²) in [6.07, 6.45) is 0. The molecule has 0 radical (unpaired) electrons. The van der Waals surface area contributed by atoms with E-state index in [9.17, 15) is 4.79 Å². The van der Waals surface area contributed by atoms with Crippen LogP contribution >= 0.6 is 0 Å². The van der Waals surface area contributed by atoms with Crippen LogP contribution in [0.1, 0.15) is 42.5 Å². The SMILES string of the molecule is Cc1ccc2c(c1)C(Nc1ccccc1C(C)C)C(=O)N2. The molecule has 0 saturated heterocycles. The van der Waals surface area contributed by atoms with Crippen LogP contribution in [0, 0.1) is 6.92 Å². The van der Waals surface area contributed by atoms with E-state index in [0.29, 0.717) is 5.92 Å². The molecule has 2 N–H and O–H groups in total. The molecule has 1 heterocycles. The molecule has 1 amide bonds. The molecule has 0 saturated carbocycles. The van der Waals surface area contributed by atoms with E-state index in [-0.39, 0.29) is 11.9 Å². The third-order valence-electron chi connectivity index (χ3n) is 3.92. The minimum Gasteiger partial charge on any atom is -0.370 e. The lowest BCUT2D eigenvalue weighted by Gasteiger charge is -2.18. The van der Waals surface area contributed by atoms with E-state index in [0.717, 1.165) is 22.5 Å². The Hall–Kier alpha value is -2.29. The molecule has 3 nitrogen and oxygen atoms in total. The van der Waals surface area contributed by atoms with Crippen LogP contribution in [0.4, 0.5) is 11.4 Å². The van der Waals surface area contributed by atoms with E-state index < -0.39 is 0 Å². The average molecular weight is 280 g/mol. The zero-order valence-corrected chi connectivity index (χ0v) is 12.6. The first-order valence-electron chi connectivity index (χ1n) is 7.33. The van der Waals surface area contributed by atoms with Crippen molar-refractivity contribution in [2.24, 2.45) is 0 Å². The second-order valence-corrected chi connectivity index (χ2v) is 5.90. The number of fused-ring (bicyclic) bond motifs is 1. The number of rotatable bonds is 3. The van der Waals surface area contributed by atoms with Gasteiger partial charge in [0.1, 0.15) is 6.04 Å². The van der Waals surface area contributed by atoms with E-state index in [4.69, 9.17) is 0 Å². The molecule has 0 fully saturated rings. The minimum atomic E-state index is -0.320. The highest BCUT2D eigenvalue weighted by atomic mass is 16.2. The van der Waals surface area contributed by atoms with Gasteiger partial charge in [0.05, 0.1) is 0 Å². The molecule has 0 aromatic heterocycles. The molecule has 0 spiro atoms. The largest absolute Gasteiger partial charge is 0.370 e. The summed E-state index contributed by atoms with van der Waals surface area (Å²) in [5.74, 6) is 0.421. The van der Waals surface area contributed by atoms with Gasteiger partial charge in [-0.05, 0) is 30.5 Å². The minimum absolute atomic E-state index is 0.00848. The van der Waals surface area contributed by atoms with Crippen molar-refractivity contribution in [3.63, 3.8) is 0 Å². The normalized spacial score (nSPS) is 16.8. The highest BCUT2D eigenvalue weighted by Gasteiger charge is 2.30. The van der Waals surface area contributed by atoms with Crippen LogP contribution in [0.3, 0.4) is 0 Å². The van der Waals surface area contributed by atoms with E-state index >= 15 is 0 Å². The maximum Gasteiger partial charge on any atom is 0.251 e. The maximum atomic E-state index is 12.3. The second-order valence-electron chi connectivity index (χ2n) is 5.90. The third kappa shape index (κ3) is 2.51. The molecule has 1 aliphatic rings. The predicted octanol–water partition coefficient (Wildman–Crippen LogP) is 4.22. The van der Waals surface area contributed by atoms with Crippen molar-refractivity contribution in [2.45, 2.75) is 32.7 Å². The molecule has 2 aromatic carbocycles. The van der Waals surface area contributed by atoms with E-state index in [1.807, 2.05) is 37.3 Å². The van der Waals surface area contributed by atoms with Gasteiger partial charge in [0.25, 0.3) is 5.91 Å². The fourth-order valence-corrected chi connectivity index (χ4v) is 2.81. The fourth-order valence-electron chi connectivity index (χ4n) is 2.81. The van der Waals surface area contributed by atoms with Gasteiger partial charge in [-0.1, -0.05) is 49.7 Å². The van der Waals surface area contributed by atoms with Gasteiger partial charge in [-0.25, -0.2) is 0 Å². The van der Waals surface area contributed by atoms with Crippen molar-refractivity contribution in [2.75, 3.05) is 10.6 Å². The lowest BCUT2D eigenvalue weighted by Crippen LogP contribution is -2.20. The van der Waals surface area contributed by atoms with Gasteiger partial charge in [0, 0.05) is 16.9 Å². The Morgan fingerprint density at radius 3 is 2.67 bits per heavy atom. The smallest absolute Gasteiger partial charge is 0.251 e. The second kappa shape index (κ2) is 5.24. The van der Waals surface area contributed by atoms with Crippen LogP contribution in [-0.4, -0.2) is 5.91 Å². The zero-order valence-electron chi connectivity index (χ0n) is 12.6. The van der Waals surface area contributed by atoms with E-state index in [1.54, 1.807) is 0 Å². The van der Waals surface area contributed by atoms with E-state index in [1.165, 1.54) is 5.56 Å². The van der Waals surface area contributed by atoms with Gasteiger partial charge >= 0.3 is 0 Å². The molecule has 1 aliphatic heterocycles. The van der Waals surface area contributed by atoms with Crippen LogP contribution in [0.25, 0.3) is 0 Å². The average Bonchev–Trinajstić information content (AvgIpc) is 2.75. The van der Waals surface area contributed by atoms with Crippen LogP contribution in [0.5, 0.6) is 0 Å². The number of aryl methyl sites for hydroxylation is 1. The zero-order chi connectivity index (χ0) is 15.0. The first-order valence-corrected chi connectivity index (χ1v) is 7.33. The topological polar surface area (TPSA) is 41.1 Å². The van der Waals surface area contributed by atoms with Crippen molar-refractivity contribution in [3.8, 4) is 0 Å². The summed E-state index contributed by atoms with van der Waals surface area (Å²) in [5.41, 5.74) is 5.35. The van der Waals surface area contributed by atoms with Crippen molar-refractivity contribution < 1.29 is 4.79 Å². The van der Waals surface area contributed by atoms with Crippen LogP contribution in [-0.2, 0) is 4.79 Å². The van der Waals surface area contributed by atoms with Crippen molar-refractivity contribution >= 4 is 17.3 Å². The molecule has 1 atom stereocenters. The Kier molecular flexibility index (Phi) is 3.42. The third-order valence-corrected chi connectivity index (χ3v) is 3.92. The number of hydrogen-bond donors (Lipinski definition) is 2. The van der Waals surface area contributed by atoms with Crippen LogP contribution < -0.4 is 10.6 Å². The fraction of sp³-hybridized carbons (Fsp3) is 0.278. The monoisotopic (exact) mass is 280 g/mol. The molecule has 0 aliphatic carbocycles. The highest BCUT2D eigenvalue weighted by Crippen LogP contribution is 2.35. The van der Waals surface area contributed by atoms with Gasteiger partial charge in [-0.2, -0.15) is 0 Å². The molecule has 108 valence electrons. The predicted molar refractivity (Wildman–Crippen MR) is 86.7 cm³/mol. The first-order chi connectivity index (χ1) is 10.1. The number of amides is 1. The van der Waals surface area contributed by atoms with Gasteiger partial charge in [0.2, 0.25) is 0 Å². The first kappa shape index (κ1) is 13.7. The molecule has 2 aromatic rings. The van der Waals surface area contributed by atoms with Crippen LogP contribution in [0.2, 0.25) is 0 Å². The van der Waals surface area contributed by atoms with Gasteiger partial charge in [-0.3, -0.25) is 4.79 Å². The number of anilines is 2. The molecule has 3 rings (SSSR count). The summed E-state index contributed by atoms with van der Waals surface area (Å²) < 4.78 is 0. The Morgan fingerprint density at radius 1 is 1.14 bits per heavy atom. The standard InChI is InChI=1S/C18H20N2O/c1-11(2)13-6-4-5-7-15(13)19-17-14-10-12(3)8-9-16(14)20-18(17)21/h4-11,17,19H,1-3H3,(H,20,21). The van der Waals surface area contributed by atoms with Gasteiger partial charge < -0.3 is 10.6 Å². The van der Waals surface area contributed by atoms with Crippen molar-refractivity contribution in [1.29, 1.82) is 0 Å². The number of carbonyl (C=O) groups is 1. The number of nitrogens with one attached hydrogen (secondary N) is 2. The molecule has 3 heteroatoms. The van der Waals surface area contributed by atoms with Crippen molar-refractivity contribution in [1.82, 2.24) is 0 Å². The number of hydrogen-bond acceptors (Lipinski definition) is 2. The van der Waals surface area contributed by atoms with Gasteiger partial charge in [0.15, 0.2) is 0 Å². The summed E-state index contributed by atoms with van der Waals surface area (Å²) in [6.45, 7) is 6.36. The molecule has 0 bridgehead atoms. The van der Waals surface area contributed by atoms with Crippen LogP contribution in [0.15, 0.2) is 42.5 Å². The summed E-state index contributed by atoms with van der Waals surface area (Å²) in [7, 11) is 0. The summed E-state index contributed by atoms with van der Waals surface area (Å²) >= 11 is 0. The van der Waals surface area contributed by atoms with E-state index in [2.05, 4.69) is 36.6 Å². The molecule has 21 heavy (non-hydrogen) atoms. The molecular formula is C18H20N2O. The van der Waals surface area contributed by atoms with Crippen molar-refractivity contribution in [3.05, 3.63) is 59.2 Å². The van der Waals surface area contributed by atoms with Gasteiger partial charge in [-0.15, -0.1) is 0 Å². The Labute approximate surface area is 125 Å². The quantitative estimate of drug-likeness (QED) is 0.883. The Bertz CT molecular complexity index is 691. The highest BCUT2D eigenvalue weighted by molar-refractivity contribution is 6.04. The molecule has 1 unspecified atom stereocenters.